The molecule has 2 aromatic carbocycles. The summed E-state index contributed by atoms with van der Waals surface area (Å²) in [5.74, 6) is 0.692. The van der Waals surface area contributed by atoms with Crippen LogP contribution >= 0.6 is 0 Å². The van der Waals surface area contributed by atoms with Crippen molar-refractivity contribution >= 4 is 11.9 Å². The molecule has 1 aliphatic heterocycles. The number of fused-ring (bicyclic) bond motifs is 1. The van der Waals surface area contributed by atoms with Crippen molar-refractivity contribution in [2.45, 2.75) is 33.4 Å². The molecule has 0 saturated carbocycles. The van der Waals surface area contributed by atoms with Gasteiger partial charge in [-0.2, -0.15) is 10.1 Å². The molecule has 0 saturated heterocycles. The van der Waals surface area contributed by atoms with Crippen molar-refractivity contribution in [3.63, 3.8) is 0 Å². The monoisotopic (exact) mass is 452 g/mol. The van der Waals surface area contributed by atoms with Gasteiger partial charge in [-0.3, -0.25) is 0 Å². The second-order valence-corrected chi connectivity index (χ2v) is 7.33. The minimum Gasteiger partial charge on any atom is -0.490 e. The Labute approximate surface area is 191 Å². The minimum atomic E-state index is -0.567. The molecule has 1 aromatic heterocycles. The van der Waals surface area contributed by atoms with Crippen molar-refractivity contribution in [1.82, 2.24) is 14.8 Å². The van der Waals surface area contributed by atoms with Crippen LogP contribution in [-0.4, -0.2) is 33.9 Å². The molecule has 1 aliphatic rings. The molecule has 2 heterocycles. The summed E-state index contributed by atoms with van der Waals surface area (Å²) in [5, 5.41) is 7.41. The fourth-order valence-corrected chi connectivity index (χ4v) is 3.73. The second kappa shape index (κ2) is 9.72. The maximum atomic E-state index is 14.0. The van der Waals surface area contributed by atoms with Crippen molar-refractivity contribution < 1.29 is 23.4 Å². The van der Waals surface area contributed by atoms with Crippen LogP contribution in [0.4, 0.5) is 10.3 Å². The van der Waals surface area contributed by atoms with Gasteiger partial charge in [0, 0.05) is 11.3 Å². The molecule has 8 nitrogen and oxygen atoms in total. The number of aromatic nitrogens is 3. The summed E-state index contributed by atoms with van der Waals surface area (Å²) >= 11 is 0. The van der Waals surface area contributed by atoms with E-state index in [9.17, 15) is 9.18 Å². The molecule has 4 rings (SSSR count). The van der Waals surface area contributed by atoms with E-state index in [4.69, 9.17) is 14.2 Å². The first-order chi connectivity index (χ1) is 16.0. The molecule has 0 bridgehead atoms. The Morgan fingerprint density at radius 1 is 1.12 bits per heavy atom. The molecule has 0 amide bonds. The molecule has 0 fully saturated rings. The van der Waals surface area contributed by atoms with Crippen LogP contribution in [0.5, 0.6) is 11.5 Å². The first-order valence-corrected chi connectivity index (χ1v) is 10.7. The summed E-state index contributed by atoms with van der Waals surface area (Å²) in [6.45, 7) is 6.13. The summed E-state index contributed by atoms with van der Waals surface area (Å²) in [6.07, 6.45) is 1.42. The third-order valence-electron chi connectivity index (χ3n) is 5.21. The SMILES string of the molecule is CCOC(=O)C1=C(C)Nc2ncnn2C1c1ccc(OCc2ccccc2F)c(OCC)c1. The maximum absolute atomic E-state index is 14.0. The topological polar surface area (TPSA) is 87.5 Å². The number of nitrogens with one attached hydrogen (secondary N) is 1. The lowest BCUT2D eigenvalue weighted by Gasteiger charge is -2.28. The van der Waals surface area contributed by atoms with Gasteiger partial charge in [0.25, 0.3) is 0 Å². The molecule has 0 spiro atoms. The summed E-state index contributed by atoms with van der Waals surface area (Å²) in [4.78, 5) is 17.1. The number of carbonyl (C=O) groups is 1. The van der Waals surface area contributed by atoms with E-state index in [0.29, 0.717) is 40.9 Å². The van der Waals surface area contributed by atoms with E-state index in [0.717, 1.165) is 5.56 Å². The molecular formula is C24H25FN4O4. The van der Waals surface area contributed by atoms with Crippen molar-refractivity contribution in [2.75, 3.05) is 18.5 Å². The lowest BCUT2D eigenvalue weighted by atomic mass is 9.95. The summed E-state index contributed by atoms with van der Waals surface area (Å²) in [6, 6.07) is 11.3. The first-order valence-electron chi connectivity index (χ1n) is 10.7. The minimum absolute atomic E-state index is 0.0553. The molecule has 1 unspecified atom stereocenters. The van der Waals surface area contributed by atoms with Crippen LogP contribution in [0, 0.1) is 5.82 Å². The zero-order valence-electron chi connectivity index (χ0n) is 18.7. The number of ether oxygens (including phenoxy) is 3. The van der Waals surface area contributed by atoms with Crippen LogP contribution in [0.3, 0.4) is 0 Å². The molecular weight excluding hydrogens is 427 g/mol. The number of nitrogens with zero attached hydrogens (tertiary/aromatic N) is 3. The predicted octanol–water partition coefficient (Wildman–Crippen LogP) is 4.25. The van der Waals surface area contributed by atoms with Gasteiger partial charge in [0.1, 0.15) is 24.8 Å². The van der Waals surface area contributed by atoms with Crippen molar-refractivity contribution in [3.8, 4) is 11.5 Å². The number of carbonyl (C=O) groups excluding carboxylic acids is 1. The maximum Gasteiger partial charge on any atom is 0.338 e. The number of anilines is 1. The van der Waals surface area contributed by atoms with E-state index in [1.165, 1.54) is 12.4 Å². The Kier molecular flexibility index (Phi) is 6.58. The number of allylic oxidation sites excluding steroid dienone is 1. The molecule has 0 aliphatic carbocycles. The van der Waals surface area contributed by atoms with Crippen molar-refractivity contribution in [3.05, 3.63) is 77.0 Å². The number of hydrogen-bond donors (Lipinski definition) is 1. The van der Waals surface area contributed by atoms with Crippen LogP contribution < -0.4 is 14.8 Å². The largest absolute Gasteiger partial charge is 0.490 e. The summed E-state index contributed by atoms with van der Waals surface area (Å²) in [5.41, 5.74) is 2.25. The van der Waals surface area contributed by atoms with Crippen LogP contribution in [0.2, 0.25) is 0 Å². The third kappa shape index (κ3) is 4.52. The zero-order chi connectivity index (χ0) is 23.4. The first kappa shape index (κ1) is 22.3. The molecule has 3 aromatic rings. The van der Waals surface area contributed by atoms with E-state index < -0.39 is 12.0 Å². The summed E-state index contributed by atoms with van der Waals surface area (Å²) in [7, 11) is 0. The smallest absolute Gasteiger partial charge is 0.338 e. The number of esters is 1. The molecule has 33 heavy (non-hydrogen) atoms. The van der Waals surface area contributed by atoms with E-state index >= 15 is 0 Å². The van der Waals surface area contributed by atoms with Gasteiger partial charge in [-0.1, -0.05) is 24.3 Å². The van der Waals surface area contributed by atoms with Crippen LogP contribution in [0.15, 0.2) is 60.1 Å². The van der Waals surface area contributed by atoms with Gasteiger partial charge in [-0.05, 0) is 44.5 Å². The highest BCUT2D eigenvalue weighted by Crippen LogP contribution is 2.39. The fraction of sp³-hybridized carbons (Fsp3) is 0.292. The Morgan fingerprint density at radius 2 is 1.94 bits per heavy atom. The van der Waals surface area contributed by atoms with E-state index in [1.807, 2.05) is 13.0 Å². The Morgan fingerprint density at radius 3 is 2.70 bits per heavy atom. The van der Waals surface area contributed by atoms with Gasteiger partial charge in [0.2, 0.25) is 5.95 Å². The van der Waals surface area contributed by atoms with Crippen LogP contribution in [0.1, 0.15) is 37.9 Å². The van der Waals surface area contributed by atoms with Gasteiger partial charge in [-0.15, -0.1) is 0 Å². The highest BCUT2D eigenvalue weighted by atomic mass is 19.1. The van der Waals surface area contributed by atoms with Gasteiger partial charge in [-0.25, -0.2) is 13.9 Å². The van der Waals surface area contributed by atoms with Gasteiger partial charge in [0.05, 0.1) is 18.8 Å². The van der Waals surface area contributed by atoms with Crippen LogP contribution in [-0.2, 0) is 16.1 Å². The Balaban J connectivity index is 1.71. The normalized spacial score (nSPS) is 15.0. The predicted molar refractivity (Wildman–Crippen MR) is 119 cm³/mol. The lowest BCUT2D eigenvalue weighted by Crippen LogP contribution is -2.29. The van der Waals surface area contributed by atoms with Gasteiger partial charge < -0.3 is 19.5 Å². The standard InChI is InChI=1S/C24H25FN4O4/c1-4-31-20-12-16(10-11-19(20)33-13-17-8-6-7-9-18(17)25)22-21(23(30)32-5-2)15(3)28-24-26-14-27-29(22)24/h6-12,14,22H,4-5,13H2,1-3H3,(H,26,27,28). The molecule has 9 heteroatoms. The number of hydrogen-bond acceptors (Lipinski definition) is 7. The number of benzene rings is 2. The van der Waals surface area contributed by atoms with Crippen molar-refractivity contribution in [1.29, 1.82) is 0 Å². The highest BCUT2D eigenvalue weighted by Gasteiger charge is 2.34. The number of halogens is 1. The van der Waals surface area contributed by atoms with Gasteiger partial charge in [0.15, 0.2) is 11.5 Å². The zero-order valence-corrected chi connectivity index (χ0v) is 18.7. The second-order valence-electron chi connectivity index (χ2n) is 7.33. The number of rotatable bonds is 8. The highest BCUT2D eigenvalue weighted by molar-refractivity contribution is 5.92. The molecule has 172 valence electrons. The summed E-state index contributed by atoms with van der Waals surface area (Å²) < 4.78 is 32.6. The lowest BCUT2D eigenvalue weighted by molar-refractivity contribution is -0.139. The molecule has 0 radical (unpaired) electrons. The van der Waals surface area contributed by atoms with Gasteiger partial charge >= 0.3 is 5.97 Å². The quantitative estimate of drug-likeness (QED) is 0.511. The average molecular weight is 452 g/mol. The Hall–Kier alpha value is -3.88. The van der Waals surface area contributed by atoms with E-state index in [1.54, 1.807) is 48.9 Å². The van der Waals surface area contributed by atoms with E-state index in [-0.39, 0.29) is 19.0 Å². The van der Waals surface area contributed by atoms with Crippen molar-refractivity contribution in [2.24, 2.45) is 0 Å². The third-order valence-corrected chi connectivity index (χ3v) is 5.21. The molecule has 1 atom stereocenters. The molecule has 1 N–H and O–H groups in total. The Bertz CT molecular complexity index is 1190. The fourth-order valence-electron chi connectivity index (χ4n) is 3.73. The van der Waals surface area contributed by atoms with Crippen LogP contribution in [0.25, 0.3) is 0 Å². The average Bonchev–Trinajstić information content (AvgIpc) is 3.26. The van der Waals surface area contributed by atoms with E-state index in [2.05, 4.69) is 15.4 Å².